The van der Waals surface area contributed by atoms with Crippen molar-refractivity contribution >= 4 is 8.60 Å². The number of ether oxygens (including phenoxy) is 1. The lowest BCUT2D eigenvalue weighted by Crippen LogP contribution is -2.14. The van der Waals surface area contributed by atoms with Crippen molar-refractivity contribution in [2.45, 2.75) is 142 Å². The number of hydrogen-bond acceptors (Lipinski definition) is 4. The van der Waals surface area contributed by atoms with Crippen LogP contribution in [0.1, 0.15) is 136 Å². The summed E-state index contributed by atoms with van der Waals surface area (Å²) in [5, 5.41) is 0. The molecule has 0 amide bonds. The van der Waals surface area contributed by atoms with Crippen molar-refractivity contribution in [2.75, 3.05) is 13.2 Å². The molecule has 1 unspecified atom stereocenters. The minimum absolute atomic E-state index is 0.450. The van der Waals surface area contributed by atoms with E-state index in [0.717, 1.165) is 24.5 Å². The molecule has 0 N–H and O–H groups in total. The van der Waals surface area contributed by atoms with Crippen molar-refractivity contribution in [1.29, 1.82) is 0 Å². The lowest BCUT2D eigenvalue weighted by atomic mass is 10.0. The van der Waals surface area contributed by atoms with Crippen LogP contribution in [0.5, 0.6) is 11.5 Å². The third-order valence-corrected chi connectivity index (χ3v) is 8.56. The summed E-state index contributed by atoms with van der Waals surface area (Å²) in [6, 6.07) is 19.5. The van der Waals surface area contributed by atoms with Crippen molar-refractivity contribution in [1.82, 2.24) is 0 Å². The summed E-state index contributed by atoms with van der Waals surface area (Å²) in [6.07, 6.45) is 25.1. The summed E-state index contributed by atoms with van der Waals surface area (Å²) >= 11 is 0. The molecule has 0 aliphatic carbocycles. The molecule has 2 aromatic rings. The lowest BCUT2D eigenvalue weighted by Gasteiger charge is -2.18. The highest BCUT2D eigenvalue weighted by Gasteiger charge is 2.17. The van der Waals surface area contributed by atoms with Crippen LogP contribution in [0.4, 0.5) is 0 Å². The first-order chi connectivity index (χ1) is 20.3. The molecule has 5 heteroatoms. The molecule has 4 nitrogen and oxygen atoms in total. The van der Waals surface area contributed by atoms with Crippen molar-refractivity contribution in [3.05, 3.63) is 60.7 Å². The lowest BCUT2D eigenvalue weighted by molar-refractivity contribution is 0.0360. The maximum atomic E-state index is 6.34. The van der Waals surface area contributed by atoms with Crippen LogP contribution in [-0.2, 0) is 9.26 Å². The summed E-state index contributed by atoms with van der Waals surface area (Å²) < 4.78 is 24.4. The van der Waals surface area contributed by atoms with Crippen molar-refractivity contribution in [3.8, 4) is 11.5 Å². The standard InChI is InChI=1S/C36H59O4P/c1-3-5-7-8-9-10-11-12-15-24-32-37-34(26-6-4-2)27-19-14-13-16-25-33-38-41(39-35-28-20-17-21-29-35)40-36-30-22-18-23-31-36/h17-18,20-23,28-31,34H,3-16,19,24-27,32-33H2,1-2H3. The Hall–Kier alpha value is -1.61. The van der Waals surface area contributed by atoms with Crippen LogP contribution in [-0.4, -0.2) is 19.3 Å². The van der Waals surface area contributed by atoms with Gasteiger partial charge in [0.1, 0.15) is 11.5 Å². The van der Waals surface area contributed by atoms with Crippen LogP contribution in [0.15, 0.2) is 60.7 Å². The number of para-hydroxylation sites is 2. The van der Waals surface area contributed by atoms with Gasteiger partial charge in [-0.3, -0.25) is 4.52 Å². The van der Waals surface area contributed by atoms with E-state index in [-0.39, 0.29) is 0 Å². The molecule has 0 spiro atoms. The fourth-order valence-electron chi connectivity index (χ4n) is 4.93. The maximum Gasteiger partial charge on any atom is 0.463 e. The zero-order valence-corrected chi connectivity index (χ0v) is 27.2. The second kappa shape index (κ2) is 26.1. The number of unbranched alkanes of at least 4 members (excludes halogenated alkanes) is 14. The Labute approximate surface area is 253 Å². The molecule has 41 heavy (non-hydrogen) atoms. The Morgan fingerprint density at radius 3 is 1.46 bits per heavy atom. The van der Waals surface area contributed by atoms with Gasteiger partial charge in [0.15, 0.2) is 0 Å². The van der Waals surface area contributed by atoms with Gasteiger partial charge in [0.25, 0.3) is 0 Å². The second-order valence-electron chi connectivity index (χ2n) is 11.2. The van der Waals surface area contributed by atoms with Crippen LogP contribution in [0, 0.1) is 0 Å². The van der Waals surface area contributed by atoms with E-state index in [1.807, 2.05) is 60.7 Å². The fourth-order valence-corrected chi connectivity index (χ4v) is 5.94. The molecule has 0 heterocycles. The number of benzene rings is 2. The Morgan fingerprint density at radius 1 is 0.488 bits per heavy atom. The molecule has 0 aliphatic rings. The minimum Gasteiger partial charge on any atom is -0.418 e. The quantitative estimate of drug-likeness (QED) is 0.0734. The van der Waals surface area contributed by atoms with E-state index in [4.69, 9.17) is 18.3 Å². The Bertz CT molecular complexity index is 762. The zero-order valence-electron chi connectivity index (χ0n) is 26.3. The molecule has 0 radical (unpaired) electrons. The molecule has 0 saturated heterocycles. The molecule has 0 aromatic heterocycles. The van der Waals surface area contributed by atoms with E-state index in [9.17, 15) is 0 Å². The predicted octanol–water partition coefficient (Wildman–Crippen LogP) is 12.2. The summed E-state index contributed by atoms with van der Waals surface area (Å²) in [5.41, 5.74) is 0. The second-order valence-corrected chi connectivity index (χ2v) is 12.3. The average Bonchev–Trinajstić information content (AvgIpc) is 3.00. The van der Waals surface area contributed by atoms with E-state index in [0.29, 0.717) is 12.7 Å². The predicted molar refractivity (Wildman–Crippen MR) is 176 cm³/mol. The smallest absolute Gasteiger partial charge is 0.418 e. The molecular formula is C36H59O4P. The Kier molecular flexibility index (Phi) is 22.6. The van der Waals surface area contributed by atoms with Gasteiger partial charge in [-0.05, 0) is 49.9 Å². The zero-order chi connectivity index (χ0) is 29.1. The molecule has 1 atom stereocenters. The van der Waals surface area contributed by atoms with Gasteiger partial charge in [0.05, 0.1) is 12.7 Å². The first-order valence-electron chi connectivity index (χ1n) is 16.8. The summed E-state index contributed by atoms with van der Waals surface area (Å²) in [4.78, 5) is 0. The highest BCUT2D eigenvalue weighted by molar-refractivity contribution is 7.42. The normalized spacial score (nSPS) is 12.1. The highest BCUT2D eigenvalue weighted by atomic mass is 31.2. The summed E-state index contributed by atoms with van der Waals surface area (Å²) in [7, 11) is -1.49. The largest absolute Gasteiger partial charge is 0.463 e. The average molecular weight is 587 g/mol. The topological polar surface area (TPSA) is 36.9 Å². The first-order valence-corrected chi connectivity index (χ1v) is 17.9. The maximum absolute atomic E-state index is 6.34. The minimum atomic E-state index is -1.49. The number of hydrogen-bond donors (Lipinski definition) is 0. The van der Waals surface area contributed by atoms with Gasteiger partial charge in [0, 0.05) is 6.61 Å². The molecular weight excluding hydrogens is 527 g/mol. The first kappa shape index (κ1) is 35.6. The van der Waals surface area contributed by atoms with Crippen molar-refractivity contribution in [3.63, 3.8) is 0 Å². The van der Waals surface area contributed by atoms with Crippen LogP contribution in [0.3, 0.4) is 0 Å². The Morgan fingerprint density at radius 2 is 0.927 bits per heavy atom. The third-order valence-electron chi connectivity index (χ3n) is 7.44. The molecule has 0 bridgehead atoms. The molecule has 0 aliphatic heterocycles. The van der Waals surface area contributed by atoms with Crippen LogP contribution < -0.4 is 9.05 Å². The Balaban J connectivity index is 1.52. The van der Waals surface area contributed by atoms with Gasteiger partial charge in [-0.1, -0.05) is 147 Å². The van der Waals surface area contributed by atoms with Crippen LogP contribution in [0.25, 0.3) is 0 Å². The van der Waals surface area contributed by atoms with Gasteiger partial charge in [0.2, 0.25) is 0 Å². The van der Waals surface area contributed by atoms with Gasteiger partial charge < -0.3 is 13.8 Å². The van der Waals surface area contributed by atoms with E-state index < -0.39 is 8.60 Å². The van der Waals surface area contributed by atoms with Gasteiger partial charge in [-0.2, -0.15) is 0 Å². The van der Waals surface area contributed by atoms with Crippen molar-refractivity contribution in [2.24, 2.45) is 0 Å². The fraction of sp³-hybridized carbons (Fsp3) is 0.667. The van der Waals surface area contributed by atoms with Gasteiger partial charge >= 0.3 is 8.60 Å². The SMILES string of the molecule is CCCCCCCCCCCCOC(CCCC)CCCCCCCOP(Oc1ccccc1)Oc1ccccc1. The van der Waals surface area contributed by atoms with E-state index in [1.165, 1.54) is 116 Å². The molecule has 232 valence electrons. The molecule has 0 fully saturated rings. The third kappa shape index (κ3) is 20.0. The van der Waals surface area contributed by atoms with E-state index >= 15 is 0 Å². The van der Waals surface area contributed by atoms with Gasteiger partial charge in [-0.15, -0.1) is 0 Å². The summed E-state index contributed by atoms with van der Waals surface area (Å²) in [6.45, 7) is 6.16. The van der Waals surface area contributed by atoms with Crippen molar-refractivity contribution < 1.29 is 18.3 Å². The van der Waals surface area contributed by atoms with Crippen LogP contribution in [0.2, 0.25) is 0 Å². The van der Waals surface area contributed by atoms with Gasteiger partial charge in [-0.25, -0.2) is 0 Å². The van der Waals surface area contributed by atoms with Crippen LogP contribution >= 0.6 is 8.60 Å². The van der Waals surface area contributed by atoms with E-state index in [1.54, 1.807) is 0 Å². The monoisotopic (exact) mass is 586 g/mol. The molecule has 2 aromatic carbocycles. The number of rotatable bonds is 28. The summed E-state index contributed by atoms with van der Waals surface area (Å²) in [5.74, 6) is 1.53. The molecule has 0 saturated carbocycles. The highest BCUT2D eigenvalue weighted by Crippen LogP contribution is 2.41. The molecule has 2 rings (SSSR count). The van der Waals surface area contributed by atoms with E-state index in [2.05, 4.69) is 13.8 Å².